The Kier molecular flexibility index (Phi) is 5.52. The number of ether oxygens (including phenoxy) is 1. The van der Waals surface area contributed by atoms with Gasteiger partial charge in [-0.1, -0.05) is 29.4 Å². The minimum Gasteiger partial charge on any atom is -0.506 e. The van der Waals surface area contributed by atoms with Gasteiger partial charge >= 0.3 is 0 Å². The van der Waals surface area contributed by atoms with Gasteiger partial charge in [0.2, 0.25) is 0 Å². The first-order chi connectivity index (χ1) is 12.5. The summed E-state index contributed by atoms with van der Waals surface area (Å²) in [5.74, 6) is 0.739. The van der Waals surface area contributed by atoms with E-state index in [-0.39, 0.29) is 5.75 Å². The van der Waals surface area contributed by atoms with Gasteiger partial charge in [-0.25, -0.2) is 9.97 Å². The molecule has 4 heteroatoms. The number of allylic oxidation sites excluding steroid dienone is 3. The molecular weight excluding hydrogens is 324 g/mol. The van der Waals surface area contributed by atoms with Crippen LogP contribution in [-0.4, -0.2) is 21.7 Å². The van der Waals surface area contributed by atoms with Crippen molar-refractivity contribution in [2.24, 2.45) is 0 Å². The van der Waals surface area contributed by atoms with Crippen molar-refractivity contribution in [2.45, 2.75) is 33.6 Å². The van der Waals surface area contributed by atoms with E-state index in [1.807, 2.05) is 24.3 Å². The summed E-state index contributed by atoms with van der Waals surface area (Å²) in [6, 6.07) is 11.0. The van der Waals surface area contributed by atoms with E-state index in [2.05, 4.69) is 42.9 Å². The summed E-state index contributed by atoms with van der Waals surface area (Å²) >= 11 is 0. The second kappa shape index (κ2) is 8.00. The minimum absolute atomic E-state index is 0.110. The zero-order chi connectivity index (χ0) is 18.5. The molecular formula is C22H24N2O2. The zero-order valence-electron chi connectivity index (χ0n) is 15.5. The molecule has 0 unspecified atom stereocenters. The van der Waals surface area contributed by atoms with Crippen LogP contribution >= 0.6 is 0 Å². The first-order valence-corrected chi connectivity index (χ1v) is 8.85. The molecule has 3 rings (SSSR count). The van der Waals surface area contributed by atoms with Gasteiger partial charge in [0, 0.05) is 0 Å². The molecule has 4 nitrogen and oxygen atoms in total. The maximum absolute atomic E-state index is 10.1. The van der Waals surface area contributed by atoms with Crippen LogP contribution in [0.4, 0.5) is 0 Å². The summed E-state index contributed by atoms with van der Waals surface area (Å²) in [4.78, 5) is 9.15. The zero-order valence-corrected chi connectivity index (χ0v) is 15.5. The number of rotatable bonds is 6. The van der Waals surface area contributed by atoms with Crippen LogP contribution in [0.2, 0.25) is 0 Å². The van der Waals surface area contributed by atoms with Crippen molar-refractivity contribution in [2.75, 3.05) is 6.61 Å². The maximum atomic E-state index is 10.1. The number of aromatic hydroxyl groups is 1. The van der Waals surface area contributed by atoms with E-state index in [1.165, 1.54) is 11.1 Å². The lowest BCUT2D eigenvalue weighted by Gasteiger charge is -2.09. The van der Waals surface area contributed by atoms with Gasteiger partial charge in [-0.05, 0) is 64.0 Å². The Morgan fingerprint density at radius 1 is 0.962 bits per heavy atom. The van der Waals surface area contributed by atoms with E-state index >= 15 is 0 Å². The van der Waals surface area contributed by atoms with Crippen LogP contribution in [0.25, 0.3) is 22.1 Å². The van der Waals surface area contributed by atoms with Gasteiger partial charge in [0.15, 0.2) is 0 Å². The van der Waals surface area contributed by atoms with Crippen molar-refractivity contribution in [1.29, 1.82) is 0 Å². The quantitative estimate of drug-likeness (QED) is 0.468. The van der Waals surface area contributed by atoms with Crippen molar-refractivity contribution in [3.8, 4) is 11.5 Å². The van der Waals surface area contributed by atoms with Crippen molar-refractivity contribution < 1.29 is 9.84 Å². The molecule has 1 N–H and O–H groups in total. The van der Waals surface area contributed by atoms with Gasteiger partial charge in [0.05, 0.1) is 11.0 Å². The normalized spacial score (nSPS) is 11.7. The van der Waals surface area contributed by atoms with Crippen LogP contribution in [0, 0.1) is 0 Å². The Morgan fingerprint density at radius 2 is 1.65 bits per heavy atom. The number of nitrogens with zero attached hydrogens (tertiary/aromatic N) is 2. The molecule has 3 aromatic rings. The standard InChI is InChI=1S/C22H24N2O2/c1-15(2)7-6-8-16(3)13-14-26-20-12-11-19(25)21-22(20)24-18-10-5-4-9-17(18)23-21/h4-5,7,9-13,25H,6,8,14H2,1-3H3. The lowest BCUT2D eigenvalue weighted by molar-refractivity contribution is 0.364. The summed E-state index contributed by atoms with van der Waals surface area (Å²) in [5.41, 5.74) is 5.22. The van der Waals surface area contributed by atoms with E-state index in [0.29, 0.717) is 23.4 Å². The highest BCUT2D eigenvalue weighted by molar-refractivity contribution is 5.92. The van der Waals surface area contributed by atoms with E-state index in [0.717, 1.165) is 23.9 Å². The monoisotopic (exact) mass is 348 g/mol. The van der Waals surface area contributed by atoms with Crippen molar-refractivity contribution in [1.82, 2.24) is 9.97 Å². The number of hydrogen-bond acceptors (Lipinski definition) is 4. The van der Waals surface area contributed by atoms with Gasteiger partial charge in [0.25, 0.3) is 0 Å². The van der Waals surface area contributed by atoms with Crippen LogP contribution in [-0.2, 0) is 0 Å². The fourth-order valence-electron chi connectivity index (χ4n) is 2.74. The summed E-state index contributed by atoms with van der Waals surface area (Å²) in [5, 5.41) is 10.1. The molecule has 0 saturated carbocycles. The molecule has 26 heavy (non-hydrogen) atoms. The van der Waals surface area contributed by atoms with Crippen LogP contribution < -0.4 is 4.74 Å². The highest BCUT2D eigenvalue weighted by Crippen LogP contribution is 2.31. The first kappa shape index (κ1) is 17.9. The molecule has 0 radical (unpaired) electrons. The predicted octanol–water partition coefficient (Wildman–Crippen LogP) is 5.56. The molecule has 0 amide bonds. The highest BCUT2D eigenvalue weighted by atomic mass is 16.5. The van der Waals surface area contributed by atoms with E-state index in [9.17, 15) is 5.11 Å². The molecule has 0 aliphatic heterocycles. The fraction of sp³-hybridized carbons (Fsp3) is 0.273. The third kappa shape index (κ3) is 4.20. The number of phenols is 1. The van der Waals surface area contributed by atoms with E-state index in [1.54, 1.807) is 12.1 Å². The SMILES string of the molecule is CC(C)=CCCC(C)=CCOc1ccc(O)c2nc3ccccc3nc12. The Balaban J connectivity index is 1.81. The molecule has 0 fully saturated rings. The summed E-state index contributed by atoms with van der Waals surface area (Å²) in [6.07, 6.45) is 6.40. The van der Waals surface area contributed by atoms with Crippen LogP contribution in [0.3, 0.4) is 0 Å². The van der Waals surface area contributed by atoms with Crippen molar-refractivity contribution in [3.63, 3.8) is 0 Å². The molecule has 0 atom stereocenters. The Bertz CT molecular complexity index is 986. The van der Waals surface area contributed by atoms with Crippen molar-refractivity contribution in [3.05, 3.63) is 59.7 Å². The van der Waals surface area contributed by atoms with E-state index in [4.69, 9.17) is 4.74 Å². The maximum Gasteiger partial charge on any atom is 0.147 e. The largest absolute Gasteiger partial charge is 0.506 e. The second-order valence-corrected chi connectivity index (χ2v) is 6.67. The van der Waals surface area contributed by atoms with Gasteiger partial charge in [-0.3, -0.25) is 0 Å². The third-order valence-electron chi connectivity index (χ3n) is 4.20. The number of benzene rings is 2. The average molecular weight is 348 g/mol. The van der Waals surface area contributed by atoms with Crippen molar-refractivity contribution >= 4 is 22.1 Å². The van der Waals surface area contributed by atoms with Gasteiger partial charge in [-0.2, -0.15) is 0 Å². The number of fused-ring (bicyclic) bond motifs is 2. The van der Waals surface area contributed by atoms with E-state index < -0.39 is 0 Å². The molecule has 0 aliphatic rings. The van der Waals surface area contributed by atoms with Crippen LogP contribution in [0.15, 0.2) is 59.7 Å². The topological polar surface area (TPSA) is 55.2 Å². The summed E-state index contributed by atoms with van der Waals surface area (Å²) in [6.45, 7) is 6.81. The Morgan fingerprint density at radius 3 is 2.35 bits per heavy atom. The Labute approximate surface area is 153 Å². The third-order valence-corrected chi connectivity index (χ3v) is 4.20. The second-order valence-electron chi connectivity index (χ2n) is 6.67. The minimum atomic E-state index is 0.110. The molecule has 1 heterocycles. The highest BCUT2D eigenvalue weighted by Gasteiger charge is 2.11. The van der Waals surface area contributed by atoms with Gasteiger partial charge < -0.3 is 9.84 Å². The molecule has 0 bridgehead atoms. The first-order valence-electron chi connectivity index (χ1n) is 8.85. The summed E-state index contributed by atoms with van der Waals surface area (Å²) < 4.78 is 5.92. The molecule has 0 aliphatic carbocycles. The number of aromatic nitrogens is 2. The average Bonchev–Trinajstić information content (AvgIpc) is 2.62. The molecule has 0 saturated heterocycles. The predicted molar refractivity (Wildman–Crippen MR) is 107 cm³/mol. The van der Waals surface area contributed by atoms with Crippen LogP contribution in [0.5, 0.6) is 11.5 Å². The van der Waals surface area contributed by atoms with Crippen LogP contribution in [0.1, 0.15) is 33.6 Å². The molecule has 0 spiro atoms. The summed E-state index contributed by atoms with van der Waals surface area (Å²) in [7, 11) is 0. The number of phenolic OH excluding ortho intramolecular Hbond substituents is 1. The molecule has 134 valence electrons. The lowest BCUT2D eigenvalue weighted by Crippen LogP contribution is -1.98. The fourth-order valence-corrected chi connectivity index (χ4v) is 2.74. The van der Waals surface area contributed by atoms with Gasteiger partial charge in [0.1, 0.15) is 29.1 Å². The smallest absolute Gasteiger partial charge is 0.147 e. The lowest BCUT2D eigenvalue weighted by atomic mass is 10.1. The number of para-hydroxylation sites is 2. The van der Waals surface area contributed by atoms with Gasteiger partial charge in [-0.15, -0.1) is 0 Å². The number of hydrogen-bond donors (Lipinski definition) is 1. The Hall–Kier alpha value is -2.88. The molecule has 1 aromatic heterocycles. The molecule has 2 aromatic carbocycles.